The fourth-order valence-electron chi connectivity index (χ4n) is 2.91. The van der Waals surface area contributed by atoms with Crippen LogP contribution in [0.25, 0.3) is 17.0 Å². The number of carbonyl (C=O) groups is 2. The van der Waals surface area contributed by atoms with Crippen LogP contribution in [-0.4, -0.2) is 31.3 Å². The van der Waals surface area contributed by atoms with E-state index in [1.54, 1.807) is 0 Å². The van der Waals surface area contributed by atoms with E-state index in [1.165, 1.54) is 55.5 Å². The third-order valence-electron chi connectivity index (χ3n) is 4.49. The molecule has 162 valence electrons. The number of fused-ring (bicyclic) bond motifs is 1. The number of hydrogen-bond donors (Lipinski definition) is 1. The Morgan fingerprint density at radius 3 is 2.25 bits per heavy atom. The molecule has 0 aliphatic heterocycles. The molecule has 11 heteroatoms. The molecule has 4 aromatic rings. The first-order valence-electron chi connectivity index (χ1n) is 9.15. The quantitative estimate of drug-likeness (QED) is 0.438. The number of nitrogens with zero attached hydrogens (tertiary/aromatic N) is 4. The second-order valence-electron chi connectivity index (χ2n) is 6.77. The number of ketones is 1. The highest BCUT2D eigenvalue weighted by molar-refractivity contribution is 6.30. The van der Waals surface area contributed by atoms with Gasteiger partial charge in [-0.05, 0) is 49.4 Å². The van der Waals surface area contributed by atoms with E-state index in [0.717, 1.165) is 6.07 Å². The second kappa shape index (κ2) is 8.04. The summed E-state index contributed by atoms with van der Waals surface area (Å²) < 4.78 is 41.5. The molecule has 1 N–H and O–H groups in total. The van der Waals surface area contributed by atoms with Crippen LogP contribution in [0.5, 0.6) is 0 Å². The molecule has 0 spiro atoms. The van der Waals surface area contributed by atoms with E-state index in [9.17, 15) is 22.8 Å². The average molecular weight is 460 g/mol. The Kier molecular flexibility index (Phi) is 5.39. The molecule has 1 amide bonds. The van der Waals surface area contributed by atoms with Crippen molar-refractivity contribution < 1.29 is 22.8 Å². The van der Waals surface area contributed by atoms with Crippen LogP contribution in [0.3, 0.4) is 0 Å². The minimum atomic E-state index is -4.77. The fraction of sp³-hybridized carbons (Fsp3) is 0.0952. The molecule has 32 heavy (non-hydrogen) atoms. The number of carbonyl (C=O) groups excluding carboxylic acids is 2. The zero-order valence-electron chi connectivity index (χ0n) is 16.3. The largest absolute Gasteiger partial charge is 0.433 e. The second-order valence-corrected chi connectivity index (χ2v) is 7.20. The van der Waals surface area contributed by atoms with E-state index < -0.39 is 23.6 Å². The molecule has 0 atom stereocenters. The van der Waals surface area contributed by atoms with Gasteiger partial charge in [0, 0.05) is 21.8 Å². The van der Waals surface area contributed by atoms with Crippen LogP contribution in [0.4, 0.5) is 18.9 Å². The van der Waals surface area contributed by atoms with Crippen molar-refractivity contribution in [3.8, 4) is 11.3 Å². The summed E-state index contributed by atoms with van der Waals surface area (Å²) in [6, 6.07) is 12.9. The normalized spacial score (nSPS) is 11.5. The van der Waals surface area contributed by atoms with Crippen molar-refractivity contribution in [2.24, 2.45) is 0 Å². The van der Waals surface area contributed by atoms with Gasteiger partial charge in [0.15, 0.2) is 11.5 Å². The van der Waals surface area contributed by atoms with Gasteiger partial charge in [0.2, 0.25) is 5.82 Å². The van der Waals surface area contributed by atoms with Crippen LogP contribution in [-0.2, 0) is 6.18 Å². The Morgan fingerprint density at radius 2 is 1.66 bits per heavy atom. The summed E-state index contributed by atoms with van der Waals surface area (Å²) in [5.74, 6) is -1.85. The Balaban J connectivity index is 1.72. The predicted molar refractivity (Wildman–Crippen MR) is 111 cm³/mol. The van der Waals surface area contributed by atoms with Crippen LogP contribution >= 0.6 is 11.6 Å². The van der Waals surface area contributed by atoms with E-state index in [-0.39, 0.29) is 17.3 Å². The third-order valence-corrected chi connectivity index (χ3v) is 4.75. The van der Waals surface area contributed by atoms with Gasteiger partial charge in [-0.3, -0.25) is 9.59 Å². The maximum Gasteiger partial charge on any atom is 0.433 e. The summed E-state index contributed by atoms with van der Waals surface area (Å²) in [6.07, 6.45) is -4.77. The molecule has 7 nitrogen and oxygen atoms in total. The van der Waals surface area contributed by atoms with Gasteiger partial charge in [0.25, 0.3) is 11.7 Å². The molecule has 4 rings (SSSR count). The first kappa shape index (κ1) is 21.4. The molecular formula is C21H13ClF3N5O2. The molecule has 0 radical (unpaired) electrons. The summed E-state index contributed by atoms with van der Waals surface area (Å²) in [5.41, 5.74) is 0.0276. The van der Waals surface area contributed by atoms with Crippen molar-refractivity contribution in [2.75, 3.05) is 5.32 Å². The molecular weight excluding hydrogens is 447 g/mol. The van der Waals surface area contributed by atoms with Gasteiger partial charge in [-0.2, -0.15) is 22.7 Å². The maximum absolute atomic E-state index is 13.7. The fourth-order valence-corrected chi connectivity index (χ4v) is 3.04. The summed E-state index contributed by atoms with van der Waals surface area (Å²) in [7, 11) is 0. The van der Waals surface area contributed by atoms with E-state index in [2.05, 4.69) is 20.4 Å². The Labute approximate surface area is 183 Å². The van der Waals surface area contributed by atoms with Crippen molar-refractivity contribution in [1.82, 2.24) is 19.6 Å². The smallest absolute Gasteiger partial charge is 0.319 e. The highest BCUT2D eigenvalue weighted by atomic mass is 35.5. The molecule has 0 saturated heterocycles. The van der Waals surface area contributed by atoms with Gasteiger partial charge in [-0.1, -0.05) is 23.7 Å². The number of hydrogen-bond acceptors (Lipinski definition) is 5. The van der Waals surface area contributed by atoms with E-state index >= 15 is 0 Å². The Bertz CT molecular complexity index is 1330. The molecule has 0 fully saturated rings. The minimum absolute atomic E-state index is 0.000622. The molecule has 2 heterocycles. The number of aromatic nitrogens is 4. The van der Waals surface area contributed by atoms with E-state index in [0.29, 0.717) is 26.4 Å². The molecule has 0 aliphatic rings. The first-order chi connectivity index (χ1) is 15.1. The van der Waals surface area contributed by atoms with Crippen LogP contribution in [0.15, 0.2) is 54.6 Å². The molecule has 2 aromatic carbocycles. The van der Waals surface area contributed by atoms with Gasteiger partial charge < -0.3 is 5.32 Å². The van der Waals surface area contributed by atoms with E-state index in [1.807, 2.05) is 0 Å². The average Bonchev–Trinajstić information content (AvgIpc) is 3.17. The van der Waals surface area contributed by atoms with Gasteiger partial charge in [0.05, 0.1) is 5.69 Å². The highest BCUT2D eigenvalue weighted by Crippen LogP contribution is 2.32. The first-order valence-corrected chi connectivity index (χ1v) is 9.53. The van der Waals surface area contributed by atoms with Crippen LogP contribution in [0.1, 0.15) is 33.6 Å². The lowest BCUT2D eigenvalue weighted by Gasteiger charge is -2.10. The highest BCUT2D eigenvalue weighted by Gasteiger charge is 2.36. The Hall–Kier alpha value is -3.79. The number of alkyl halides is 3. The Morgan fingerprint density at radius 1 is 1.00 bits per heavy atom. The van der Waals surface area contributed by atoms with Crippen LogP contribution in [0.2, 0.25) is 5.02 Å². The van der Waals surface area contributed by atoms with Crippen molar-refractivity contribution >= 4 is 34.8 Å². The van der Waals surface area contributed by atoms with Crippen molar-refractivity contribution in [3.63, 3.8) is 0 Å². The zero-order valence-corrected chi connectivity index (χ0v) is 17.1. The molecule has 2 aromatic heterocycles. The number of anilines is 1. The monoisotopic (exact) mass is 459 g/mol. The number of nitrogens with one attached hydrogen (secondary N) is 1. The van der Waals surface area contributed by atoms with Crippen LogP contribution in [0, 0.1) is 0 Å². The number of rotatable bonds is 4. The van der Waals surface area contributed by atoms with Crippen molar-refractivity contribution in [3.05, 3.63) is 76.7 Å². The predicted octanol–water partition coefficient (Wildman–Crippen LogP) is 4.92. The number of amides is 1. The summed E-state index contributed by atoms with van der Waals surface area (Å²) in [6.45, 7) is 1.40. The van der Waals surface area contributed by atoms with Gasteiger partial charge >= 0.3 is 6.18 Å². The zero-order chi connectivity index (χ0) is 23.0. The summed E-state index contributed by atoms with van der Waals surface area (Å²) in [4.78, 5) is 31.9. The standard InChI is InChI=1S/C21H13ClF3N5O2/c1-11(31)12-4-8-15(9-5-12)26-19(32)18-28-20-27-16(13-2-6-14(22)7-3-13)10-17(21(23,24)25)30(20)29-18/h2-10H,1H3,(H,26,32). The number of benzene rings is 2. The lowest BCUT2D eigenvalue weighted by atomic mass is 10.1. The maximum atomic E-state index is 13.7. The van der Waals surface area contributed by atoms with Crippen molar-refractivity contribution in [2.45, 2.75) is 13.1 Å². The summed E-state index contributed by atoms with van der Waals surface area (Å²) >= 11 is 5.84. The van der Waals surface area contributed by atoms with Crippen LogP contribution < -0.4 is 5.32 Å². The van der Waals surface area contributed by atoms with Crippen molar-refractivity contribution in [1.29, 1.82) is 0 Å². The molecule has 0 bridgehead atoms. The summed E-state index contributed by atoms with van der Waals surface area (Å²) in [5, 5.41) is 6.61. The molecule has 0 saturated carbocycles. The number of Topliss-reactive ketones (excluding diaryl/α,β-unsaturated/α-hetero) is 1. The van der Waals surface area contributed by atoms with Gasteiger partial charge in [0.1, 0.15) is 0 Å². The topological polar surface area (TPSA) is 89.2 Å². The lowest BCUT2D eigenvalue weighted by molar-refractivity contribution is -0.142. The minimum Gasteiger partial charge on any atom is -0.319 e. The third kappa shape index (κ3) is 4.30. The SMILES string of the molecule is CC(=O)c1ccc(NC(=O)c2nc3nc(-c4ccc(Cl)cc4)cc(C(F)(F)F)n3n2)cc1. The van der Waals surface area contributed by atoms with Gasteiger partial charge in [-0.15, -0.1) is 5.10 Å². The molecule has 0 aliphatic carbocycles. The molecule has 0 unspecified atom stereocenters. The van der Waals surface area contributed by atoms with E-state index in [4.69, 9.17) is 11.6 Å². The van der Waals surface area contributed by atoms with Gasteiger partial charge in [-0.25, -0.2) is 4.98 Å². The lowest BCUT2D eigenvalue weighted by Crippen LogP contribution is -2.16. The number of halogens is 4.